The van der Waals surface area contributed by atoms with E-state index in [4.69, 9.17) is 5.11 Å². The fourth-order valence-corrected chi connectivity index (χ4v) is 2.73. The van der Waals surface area contributed by atoms with Crippen molar-refractivity contribution in [3.8, 4) is 0 Å². The molecule has 1 unspecified atom stereocenters. The Kier molecular flexibility index (Phi) is 4.02. The number of carbonyl (C=O) groups excluding carboxylic acids is 1. The molecule has 0 aliphatic rings. The number of H-pyrrole nitrogens is 1. The molecule has 9 heteroatoms. The molecule has 0 aliphatic heterocycles. The van der Waals surface area contributed by atoms with Crippen LogP contribution < -0.4 is 5.32 Å². The van der Waals surface area contributed by atoms with Gasteiger partial charge in [-0.15, -0.1) is 11.3 Å². The average molecular weight is 331 g/mol. The van der Waals surface area contributed by atoms with E-state index in [0.717, 1.165) is 10.2 Å². The van der Waals surface area contributed by atoms with E-state index in [-0.39, 0.29) is 18.2 Å². The van der Waals surface area contributed by atoms with Crippen LogP contribution >= 0.6 is 11.3 Å². The van der Waals surface area contributed by atoms with Gasteiger partial charge in [0.05, 0.1) is 21.8 Å². The number of nitrogens with zero attached hydrogens (tertiary/aromatic N) is 3. The van der Waals surface area contributed by atoms with Crippen molar-refractivity contribution in [2.45, 2.75) is 19.4 Å². The van der Waals surface area contributed by atoms with Gasteiger partial charge in [0.15, 0.2) is 5.82 Å². The van der Waals surface area contributed by atoms with Gasteiger partial charge in [-0.1, -0.05) is 0 Å². The minimum absolute atomic E-state index is 0.242. The quantitative estimate of drug-likeness (QED) is 0.652. The van der Waals surface area contributed by atoms with E-state index in [2.05, 4.69) is 25.5 Å². The number of carboxylic acid groups (broad SMARTS) is 1. The van der Waals surface area contributed by atoms with Crippen molar-refractivity contribution in [1.82, 2.24) is 25.5 Å². The first-order valence-electron chi connectivity index (χ1n) is 6.80. The predicted octanol–water partition coefficient (Wildman–Crippen LogP) is 1.53. The van der Waals surface area contributed by atoms with Crippen LogP contribution in [0.5, 0.6) is 0 Å². The van der Waals surface area contributed by atoms with Gasteiger partial charge in [-0.2, -0.15) is 5.10 Å². The molecule has 118 valence electrons. The number of thiazole rings is 1. The van der Waals surface area contributed by atoms with Crippen molar-refractivity contribution in [2.75, 3.05) is 0 Å². The lowest BCUT2D eigenvalue weighted by molar-refractivity contribution is -0.136. The number of carboxylic acids is 1. The number of aromatic amines is 1. The number of benzene rings is 1. The molecule has 0 bridgehead atoms. The first kappa shape index (κ1) is 15.1. The Bertz CT molecular complexity index is 872. The molecule has 3 aromatic rings. The number of hydrogen-bond donors (Lipinski definition) is 3. The van der Waals surface area contributed by atoms with Crippen molar-refractivity contribution in [3.05, 3.63) is 40.9 Å². The molecule has 8 nitrogen and oxygen atoms in total. The minimum Gasteiger partial charge on any atom is -0.481 e. The summed E-state index contributed by atoms with van der Waals surface area (Å²) in [6.45, 7) is 1.73. The molecule has 0 spiro atoms. The summed E-state index contributed by atoms with van der Waals surface area (Å²) in [6, 6.07) is 4.86. The van der Waals surface area contributed by atoms with Gasteiger partial charge >= 0.3 is 5.97 Å². The Labute approximate surface area is 134 Å². The van der Waals surface area contributed by atoms with Crippen molar-refractivity contribution >= 4 is 33.4 Å². The van der Waals surface area contributed by atoms with E-state index in [9.17, 15) is 9.59 Å². The number of amides is 1. The van der Waals surface area contributed by atoms with Crippen LogP contribution in [0.2, 0.25) is 0 Å². The van der Waals surface area contributed by atoms with Gasteiger partial charge in [0.1, 0.15) is 12.2 Å². The third-order valence-corrected chi connectivity index (χ3v) is 4.01. The van der Waals surface area contributed by atoms with E-state index in [1.807, 2.05) is 6.07 Å². The van der Waals surface area contributed by atoms with Crippen molar-refractivity contribution < 1.29 is 14.7 Å². The summed E-state index contributed by atoms with van der Waals surface area (Å²) in [5.41, 5.74) is 3.00. The summed E-state index contributed by atoms with van der Waals surface area (Å²) in [4.78, 5) is 31.2. The van der Waals surface area contributed by atoms with Crippen LogP contribution in [0, 0.1) is 0 Å². The molecule has 1 aromatic carbocycles. The van der Waals surface area contributed by atoms with Crippen LogP contribution in [-0.2, 0) is 11.2 Å². The number of fused-ring (bicyclic) bond motifs is 1. The SMILES string of the molecule is CC(NC(=O)c1ccc2scnc2c1)c1n[nH]c(CC(=O)O)n1. The summed E-state index contributed by atoms with van der Waals surface area (Å²) >= 11 is 1.51. The Morgan fingerprint density at radius 3 is 3.04 bits per heavy atom. The van der Waals surface area contributed by atoms with Crippen LogP contribution in [0.4, 0.5) is 0 Å². The van der Waals surface area contributed by atoms with Crippen molar-refractivity contribution in [2.24, 2.45) is 0 Å². The summed E-state index contributed by atoms with van der Waals surface area (Å²) in [6.07, 6.45) is -0.242. The average Bonchev–Trinajstić information content (AvgIpc) is 3.14. The van der Waals surface area contributed by atoms with Gasteiger partial charge in [-0.25, -0.2) is 9.97 Å². The van der Waals surface area contributed by atoms with Gasteiger partial charge in [0.2, 0.25) is 0 Å². The third-order valence-electron chi connectivity index (χ3n) is 3.20. The number of carbonyl (C=O) groups is 2. The molecule has 3 rings (SSSR count). The molecular weight excluding hydrogens is 318 g/mol. The lowest BCUT2D eigenvalue weighted by atomic mass is 10.2. The maximum absolute atomic E-state index is 12.3. The van der Waals surface area contributed by atoms with Crippen molar-refractivity contribution in [1.29, 1.82) is 0 Å². The lowest BCUT2D eigenvalue weighted by Gasteiger charge is -2.10. The first-order chi connectivity index (χ1) is 11.0. The number of aliphatic carboxylic acids is 1. The van der Waals surface area contributed by atoms with Crippen LogP contribution in [-0.4, -0.2) is 37.1 Å². The minimum atomic E-state index is -0.999. The Morgan fingerprint density at radius 2 is 2.26 bits per heavy atom. The maximum Gasteiger partial charge on any atom is 0.311 e. The van der Waals surface area contributed by atoms with E-state index in [1.165, 1.54) is 11.3 Å². The highest BCUT2D eigenvalue weighted by atomic mass is 32.1. The van der Waals surface area contributed by atoms with Gasteiger partial charge in [0, 0.05) is 5.56 Å². The van der Waals surface area contributed by atoms with E-state index < -0.39 is 12.0 Å². The molecule has 0 saturated heterocycles. The van der Waals surface area contributed by atoms with Gasteiger partial charge in [-0.3, -0.25) is 14.7 Å². The fourth-order valence-electron chi connectivity index (χ4n) is 2.07. The fraction of sp³-hybridized carbons (Fsp3) is 0.214. The zero-order valence-corrected chi connectivity index (χ0v) is 12.9. The monoisotopic (exact) mass is 331 g/mol. The van der Waals surface area contributed by atoms with Gasteiger partial charge < -0.3 is 10.4 Å². The number of rotatable bonds is 5. The van der Waals surface area contributed by atoms with Crippen LogP contribution in [0.1, 0.15) is 35.0 Å². The molecule has 1 amide bonds. The molecule has 23 heavy (non-hydrogen) atoms. The Hall–Kier alpha value is -2.81. The Balaban J connectivity index is 1.71. The van der Waals surface area contributed by atoms with E-state index >= 15 is 0 Å². The lowest BCUT2D eigenvalue weighted by Crippen LogP contribution is -2.27. The molecule has 1 atom stereocenters. The summed E-state index contributed by atoms with van der Waals surface area (Å²) < 4.78 is 1.02. The highest BCUT2D eigenvalue weighted by molar-refractivity contribution is 7.16. The second-order valence-electron chi connectivity index (χ2n) is 4.94. The summed E-state index contributed by atoms with van der Waals surface area (Å²) in [5.74, 6) is -0.681. The predicted molar refractivity (Wildman–Crippen MR) is 83.2 cm³/mol. The normalized spacial score (nSPS) is 12.2. The van der Waals surface area contributed by atoms with Crippen LogP contribution in [0.3, 0.4) is 0 Å². The van der Waals surface area contributed by atoms with Gasteiger partial charge in [-0.05, 0) is 25.1 Å². The van der Waals surface area contributed by atoms with E-state index in [1.54, 1.807) is 24.6 Å². The number of nitrogens with one attached hydrogen (secondary N) is 2. The highest BCUT2D eigenvalue weighted by Crippen LogP contribution is 2.19. The van der Waals surface area contributed by atoms with Crippen LogP contribution in [0.25, 0.3) is 10.2 Å². The number of hydrogen-bond acceptors (Lipinski definition) is 6. The van der Waals surface area contributed by atoms with Crippen LogP contribution in [0.15, 0.2) is 23.7 Å². The third kappa shape index (κ3) is 3.34. The zero-order chi connectivity index (χ0) is 16.4. The molecule has 0 aliphatic carbocycles. The zero-order valence-electron chi connectivity index (χ0n) is 12.1. The second-order valence-corrected chi connectivity index (χ2v) is 5.83. The summed E-state index contributed by atoms with van der Waals surface area (Å²) in [7, 11) is 0. The smallest absolute Gasteiger partial charge is 0.311 e. The summed E-state index contributed by atoms with van der Waals surface area (Å²) in [5, 5.41) is 18.0. The molecule has 3 N–H and O–H groups in total. The molecule has 0 fully saturated rings. The standard InChI is InChI=1S/C14H13N5O3S/c1-7(13-17-11(18-19-13)5-12(20)21)16-14(22)8-2-3-10-9(4-8)15-6-23-10/h2-4,6-7H,5H2,1H3,(H,16,22)(H,20,21)(H,17,18,19). The number of aromatic nitrogens is 4. The Morgan fingerprint density at radius 1 is 1.43 bits per heavy atom. The molecular formula is C14H13N5O3S. The topological polar surface area (TPSA) is 121 Å². The van der Waals surface area contributed by atoms with Gasteiger partial charge in [0.25, 0.3) is 5.91 Å². The largest absolute Gasteiger partial charge is 0.481 e. The molecule has 2 aromatic heterocycles. The maximum atomic E-state index is 12.3. The molecule has 2 heterocycles. The van der Waals surface area contributed by atoms with E-state index in [0.29, 0.717) is 11.4 Å². The van der Waals surface area contributed by atoms with Crippen molar-refractivity contribution in [3.63, 3.8) is 0 Å². The molecule has 0 radical (unpaired) electrons. The second kappa shape index (κ2) is 6.13. The highest BCUT2D eigenvalue weighted by Gasteiger charge is 2.17. The first-order valence-corrected chi connectivity index (χ1v) is 7.68. The molecule has 0 saturated carbocycles.